The van der Waals surface area contributed by atoms with Crippen LogP contribution >= 0.6 is 0 Å². The molecule has 1 aliphatic heterocycles. The Bertz CT molecular complexity index is 153. The zero-order chi connectivity index (χ0) is 11.1. The first-order valence-corrected chi connectivity index (χ1v) is 6.52. The molecule has 90 valence electrons. The topological polar surface area (TPSA) is 21.3 Å². The van der Waals surface area contributed by atoms with Crippen molar-refractivity contribution in [2.45, 2.75) is 65.0 Å². The SMILES string of the molecule is CC(C)CCCC(C)NC1CCOCC1. The van der Waals surface area contributed by atoms with E-state index in [0.29, 0.717) is 12.1 Å². The van der Waals surface area contributed by atoms with E-state index in [9.17, 15) is 0 Å². The molecule has 1 rings (SSSR count). The van der Waals surface area contributed by atoms with Crippen molar-refractivity contribution in [2.24, 2.45) is 5.92 Å². The molecule has 0 spiro atoms. The summed E-state index contributed by atoms with van der Waals surface area (Å²) in [5, 5.41) is 3.71. The molecule has 0 aromatic heterocycles. The molecule has 1 fully saturated rings. The molecular formula is C13H27NO. The van der Waals surface area contributed by atoms with Gasteiger partial charge in [-0.2, -0.15) is 0 Å². The second kappa shape index (κ2) is 7.24. The third-order valence-corrected chi connectivity index (χ3v) is 3.16. The van der Waals surface area contributed by atoms with Gasteiger partial charge in [0.1, 0.15) is 0 Å². The summed E-state index contributed by atoms with van der Waals surface area (Å²) in [6, 6.07) is 1.37. The van der Waals surface area contributed by atoms with E-state index in [2.05, 4.69) is 26.1 Å². The maximum atomic E-state index is 5.35. The maximum Gasteiger partial charge on any atom is 0.0480 e. The van der Waals surface area contributed by atoms with E-state index in [-0.39, 0.29) is 0 Å². The van der Waals surface area contributed by atoms with E-state index >= 15 is 0 Å². The lowest BCUT2D eigenvalue weighted by Crippen LogP contribution is -2.40. The summed E-state index contributed by atoms with van der Waals surface area (Å²) in [7, 11) is 0. The van der Waals surface area contributed by atoms with Gasteiger partial charge in [-0.25, -0.2) is 0 Å². The van der Waals surface area contributed by atoms with Gasteiger partial charge in [0, 0.05) is 25.3 Å². The average molecular weight is 213 g/mol. The molecule has 2 nitrogen and oxygen atoms in total. The fourth-order valence-corrected chi connectivity index (χ4v) is 2.18. The van der Waals surface area contributed by atoms with Gasteiger partial charge in [-0.15, -0.1) is 0 Å². The van der Waals surface area contributed by atoms with Crippen LogP contribution in [-0.2, 0) is 4.74 Å². The average Bonchev–Trinajstić information content (AvgIpc) is 2.18. The smallest absolute Gasteiger partial charge is 0.0480 e. The van der Waals surface area contributed by atoms with Crippen molar-refractivity contribution in [3.63, 3.8) is 0 Å². The van der Waals surface area contributed by atoms with E-state index in [1.54, 1.807) is 0 Å². The predicted molar refractivity (Wildman–Crippen MR) is 65.1 cm³/mol. The molecule has 15 heavy (non-hydrogen) atoms. The highest BCUT2D eigenvalue weighted by Crippen LogP contribution is 2.11. The van der Waals surface area contributed by atoms with Crippen molar-refractivity contribution >= 4 is 0 Å². The second-order valence-corrected chi connectivity index (χ2v) is 5.28. The number of nitrogens with one attached hydrogen (secondary N) is 1. The van der Waals surface area contributed by atoms with Crippen LogP contribution < -0.4 is 5.32 Å². The van der Waals surface area contributed by atoms with Crippen LogP contribution in [0, 0.1) is 5.92 Å². The van der Waals surface area contributed by atoms with Crippen LogP contribution in [0.15, 0.2) is 0 Å². The molecule has 0 amide bonds. The summed E-state index contributed by atoms with van der Waals surface area (Å²) in [6.07, 6.45) is 6.41. The summed E-state index contributed by atoms with van der Waals surface area (Å²) in [6.45, 7) is 8.80. The number of ether oxygens (including phenoxy) is 1. The molecule has 1 heterocycles. The highest BCUT2D eigenvalue weighted by Gasteiger charge is 2.15. The molecule has 2 heteroatoms. The normalized spacial score (nSPS) is 20.8. The predicted octanol–water partition coefficient (Wildman–Crippen LogP) is 2.97. The first-order valence-electron chi connectivity index (χ1n) is 6.52. The minimum absolute atomic E-state index is 0.673. The Morgan fingerprint density at radius 3 is 2.40 bits per heavy atom. The van der Waals surface area contributed by atoms with Crippen molar-refractivity contribution in [3.05, 3.63) is 0 Å². The van der Waals surface area contributed by atoms with Crippen LogP contribution in [0.25, 0.3) is 0 Å². The first kappa shape index (κ1) is 13.0. The summed E-state index contributed by atoms with van der Waals surface area (Å²) in [5.41, 5.74) is 0. The zero-order valence-corrected chi connectivity index (χ0v) is 10.6. The third-order valence-electron chi connectivity index (χ3n) is 3.16. The Labute approximate surface area is 94.8 Å². The van der Waals surface area contributed by atoms with Gasteiger partial charge in [0.25, 0.3) is 0 Å². The highest BCUT2D eigenvalue weighted by atomic mass is 16.5. The second-order valence-electron chi connectivity index (χ2n) is 5.28. The molecule has 1 saturated heterocycles. The number of hydrogen-bond acceptors (Lipinski definition) is 2. The van der Waals surface area contributed by atoms with Crippen molar-refractivity contribution < 1.29 is 4.74 Å². The Kier molecular flexibility index (Phi) is 6.26. The van der Waals surface area contributed by atoms with E-state index < -0.39 is 0 Å². The summed E-state index contributed by atoms with van der Waals surface area (Å²) >= 11 is 0. The van der Waals surface area contributed by atoms with Crippen LogP contribution in [0.1, 0.15) is 52.9 Å². The molecule has 0 bridgehead atoms. The molecule has 0 radical (unpaired) electrons. The van der Waals surface area contributed by atoms with Crippen LogP contribution in [-0.4, -0.2) is 25.3 Å². The monoisotopic (exact) mass is 213 g/mol. The Morgan fingerprint density at radius 1 is 1.13 bits per heavy atom. The Morgan fingerprint density at radius 2 is 1.80 bits per heavy atom. The summed E-state index contributed by atoms with van der Waals surface area (Å²) in [5.74, 6) is 0.847. The minimum Gasteiger partial charge on any atom is -0.381 e. The van der Waals surface area contributed by atoms with E-state index in [1.807, 2.05) is 0 Å². The molecule has 0 aromatic carbocycles. The van der Waals surface area contributed by atoms with Gasteiger partial charge >= 0.3 is 0 Å². The van der Waals surface area contributed by atoms with Crippen LogP contribution in [0.2, 0.25) is 0 Å². The van der Waals surface area contributed by atoms with Crippen molar-refractivity contribution in [1.29, 1.82) is 0 Å². The molecule has 1 aliphatic rings. The third kappa shape index (κ3) is 6.16. The van der Waals surface area contributed by atoms with Gasteiger partial charge in [0.2, 0.25) is 0 Å². The zero-order valence-electron chi connectivity index (χ0n) is 10.6. The lowest BCUT2D eigenvalue weighted by molar-refractivity contribution is 0.0750. The molecule has 1 unspecified atom stereocenters. The van der Waals surface area contributed by atoms with Crippen LogP contribution in [0.5, 0.6) is 0 Å². The van der Waals surface area contributed by atoms with Crippen molar-refractivity contribution in [3.8, 4) is 0 Å². The minimum atomic E-state index is 0.673. The van der Waals surface area contributed by atoms with Gasteiger partial charge in [-0.05, 0) is 32.1 Å². The molecule has 1 atom stereocenters. The van der Waals surface area contributed by atoms with E-state index in [1.165, 1.54) is 32.1 Å². The summed E-state index contributed by atoms with van der Waals surface area (Å²) in [4.78, 5) is 0. The van der Waals surface area contributed by atoms with Crippen molar-refractivity contribution in [2.75, 3.05) is 13.2 Å². The fourth-order valence-electron chi connectivity index (χ4n) is 2.18. The highest BCUT2D eigenvalue weighted by molar-refractivity contribution is 4.74. The molecule has 1 N–H and O–H groups in total. The standard InChI is InChI=1S/C13H27NO/c1-11(2)5-4-6-12(3)14-13-7-9-15-10-8-13/h11-14H,4-10H2,1-3H3. The first-order chi connectivity index (χ1) is 7.18. The molecule has 0 aromatic rings. The molecular weight excluding hydrogens is 186 g/mol. The van der Waals surface area contributed by atoms with Crippen LogP contribution in [0.4, 0.5) is 0 Å². The molecule has 0 aliphatic carbocycles. The quantitative estimate of drug-likeness (QED) is 0.732. The van der Waals surface area contributed by atoms with E-state index in [0.717, 1.165) is 19.1 Å². The van der Waals surface area contributed by atoms with Gasteiger partial charge in [-0.3, -0.25) is 0 Å². The van der Waals surface area contributed by atoms with Crippen molar-refractivity contribution in [1.82, 2.24) is 5.32 Å². The van der Waals surface area contributed by atoms with Gasteiger partial charge in [0.05, 0.1) is 0 Å². The van der Waals surface area contributed by atoms with Crippen LogP contribution in [0.3, 0.4) is 0 Å². The summed E-state index contributed by atoms with van der Waals surface area (Å²) < 4.78 is 5.35. The van der Waals surface area contributed by atoms with Gasteiger partial charge in [0.15, 0.2) is 0 Å². The Hall–Kier alpha value is -0.0800. The number of rotatable bonds is 6. The largest absolute Gasteiger partial charge is 0.381 e. The number of hydrogen-bond donors (Lipinski definition) is 1. The lowest BCUT2D eigenvalue weighted by Gasteiger charge is -2.26. The molecule has 0 saturated carbocycles. The Balaban J connectivity index is 2.03. The lowest BCUT2D eigenvalue weighted by atomic mass is 10.0. The van der Waals surface area contributed by atoms with Gasteiger partial charge < -0.3 is 10.1 Å². The maximum absolute atomic E-state index is 5.35. The van der Waals surface area contributed by atoms with E-state index in [4.69, 9.17) is 4.74 Å². The fraction of sp³-hybridized carbons (Fsp3) is 1.00. The van der Waals surface area contributed by atoms with Gasteiger partial charge in [-0.1, -0.05) is 26.7 Å².